The average Bonchev–Trinajstić information content (AvgIpc) is 2.98. The number of rotatable bonds is 10. The molecule has 0 bridgehead atoms. The Morgan fingerprint density at radius 1 is 1.36 bits per heavy atom. The van der Waals surface area contributed by atoms with E-state index in [0.717, 1.165) is 45.1 Å². The zero-order chi connectivity index (χ0) is 15.3. The standard InChI is InChI=1S/C16H29N3OS.HI/c1-4-5-9-20-10-8-18-16(17-3)19-13-14(2)12-15-7-6-11-21-15;/h6-7,11,14H,4-5,8-10,12-13H2,1-3H3,(H2,17,18,19);1H. The van der Waals surface area contributed by atoms with Gasteiger partial charge in [-0.05, 0) is 30.2 Å². The van der Waals surface area contributed by atoms with Crippen molar-refractivity contribution in [3.63, 3.8) is 0 Å². The van der Waals surface area contributed by atoms with Crippen molar-refractivity contribution in [3.8, 4) is 0 Å². The number of nitrogens with zero attached hydrogens (tertiary/aromatic N) is 1. The van der Waals surface area contributed by atoms with Gasteiger partial charge in [0.1, 0.15) is 0 Å². The number of hydrogen-bond acceptors (Lipinski definition) is 3. The molecule has 0 amide bonds. The molecule has 1 aromatic heterocycles. The summed E-state index contributed by atoms with van der Waals surface area (Å²) in [6, 6.07) is 4.31. The summed E-state index contributed by atoms with van der Waals surface area (Å²) in [6.07, 6.45) is 3.42. The van der Waals surface area contributed by atoms with E-state index < -0.39 is 0 Å². The third kappa shape index (κ3) is 10.4. The van der Waals surface area contributed by atoms with E-state index in [1.807, 2.05) is 11.3 Å². The normalized spacial score (nSPS) is 12.6. The Kier molecular flexibility index (Phi) is 14.0. The highest BCUT2D eigenvalue weighted by Gasteiger charge is 2.05. The lowest BCUT2D eigenvalue weighted by molar-refractivity contribution is 0.136. The van der Waals surface area contributed by atoms with Gasteiger partial charge in [-0.15, -0.1) is 35.3 Å². The van der Waals surface area contributed by atoms with Gasteiger partial charge in [0.2, 0.25) is 0 Å². The molecule has 4 nitrogen and oxygen atoms in total. The molecule has 1 unspecified atom stereocenters. The van der Waals surface area contributed by atoms with E-state index in [-0.39, 0.29) is 24.0 Å². The molecule has 1 rings (SSSR count). The number of halogens is 1. The molecule has 1 aromatic rings. The maximum absolute atomic E-state index is 5.52. The van der Waals surface area contributed by atoms with Crippen LogP contribution in [0.3, 0.4) is 0 Å². The van der Waals surface area contributed by atoms with Crippen molar-refractivity contribution in [1.82, 2.24) is 10.6 Å². The highest BCUT2D eigenvalue weighted by molar-refractivity contribution is 14.0. The molecule has 0 aliphatic heterocycles. The number of ether oxygens (including phenoxy) is 1. The molecule has 1 atom stereocenters. The Balaban J connectivity index is 0.00000441. The van der Waals surface area contributed by atoms with Gasteiger partial charge in [-0.25, -0.2) is 0 Å². The van der Waals surface area contributed by atoms with E-state index in [1.54, 1.807) is 7.05 Å². The van der Waals surface area contributed by atoms with Gasteiger partial charge in [0.15, 0.2) is 5.96 Å². The molecule has 0 aliphatic carbocycles. The fraction of sp³-hybridized carbons (Fsp3) is 0.688. The molecule has 22 heavy (non-hydrogen) atoms. The predicted octanol–water partition coefficient (Wildman–Crippen LogP) is 3.53. The second-order valence-corrected chi connectivity index (χ2v) is 6.27. The van der Waals surface area contributed by atoms with Crippen LogP contribution >= 0.6 is 35.3 Å². The van der Waals surface area contributed by atoms with Crippen molar-refractivity contribution in [2.24, 2.45) is 10.9 Å². The number of aliphatic imine (C=N–C) groups is 1. The van der Waals surface area contributed by atoms with Crippen molar-refractivity contribution in [2.45, 2.75) is 33.1 Å². The summed E-state index contributed by atoms with van der Waals surface area (Å²) in [5.74, 6) is 1.44. The summed E-state index contributed by atoms with van der Waals surface area (Å²) in [5.41, 5.74) is 0. The summed E-state index contributed by atoms with van der Waals surface area (Å²) >= 11 is 1.82. The van der Waals surface area contributed by atoms with E-state index in [0.29, 0.717) is 5.92 Å². The first-order valence-corrected chi connectivity index (χ1v) is 8.68. The van der Waals surface area contributed by atoms with E-state index >= 15 is 0 Å². The Morgan fingerprint density at radius 3 is 2.82 bits per heavy atom. The molecule has 0 spiro atoms. The van der Waals surface area contributed by atoms with Crippen LogP contribution in [0.15, 0.2) is 22.5 Å². The minimum atomic E-state index is 0. The van der Waals surface area contributed by atoms with Gasteiger partial charge in [-0.2, -0.15) is 0 Å². The lowest BCUT2D eigenvalue weighted by atomic mass is 10.1. The zero-order valence-corrected chi connectivity index (χ0v) is 17.1. The van der Waals surface area contributed by atoms with Crippen molar-refractivity contribution >= 4 is 41.3 Å². The molecule has 0 radical (unpaired) electrons. The predicted molar refractivity (Wildman–Crippen MR) is 108 cm³/mol. The maximum atomic E-state index is 5.52. The lowest BCUT2D eigenvalue weighted by Crippen LogP contribution is -2.41. The lowest BCUT2D eigenvalue weighted by Gasteiger charge is -2.15. The molecule has 6 heteroatoms. The van der Waals surface area contributed by atoms with Gasteiger partial charge in [0.05, 0.1) is 6.61 Å². The van der Waals surface area contributed by atoms with Gasteiger partial charge in [0.25, 0.3) is 0 Å². The van der Waals surface area contributed by atoms with Crippen LogP contribution in [-0.2, 0) is 11.2 Å². The van der Waals surface area contributed by atoms with Gasteiger partial charge in [-0.3, -0.25) is 4.99 Å². The van der Waals surface area contributed by atoms with E-state index in [9.17, 15) is 0 Å². The molecule has 0 saturated heterocycles. The van der Waals surface area contributed by atoms with E-state index in [4.69, 9.17) is 4.74 Å². The van der Waals surface area contributed by atoms with Crippen LogP contribution in [0.25, 0.3) is 0 Å². The second kappa shape index (κ2) is 14.3. The quantitative estimate of drug-likeness (QED) is 0.254. The Labute approximate surface area is 156 Å². The Hall–Kier alpha value is -0.340. The summed E-state index contributed by atoms with van der Waals surface area (Å²) in [5, 5.41) is 8.78. The topological polar surface area (TPSA) is 45.6 Å². The molecule has 2 N–H and O–H groups in total. The van der Waals surface area contributed by atoms with Gasteiger partial charge in [0, 0.05) is 31.6 Å². The zero-order valence-electron chi connectivity index (χ0n) is 13.9. The smallest absolute Gasteiger partial charge is 0.191 e. The Bertz CT molecular complexity index is 385. The average molecular weight is 439 g/mol. The molecular formula is C16H30IN3OS. The molecule has 0 aromatic carbocycles. The monoisotopic (exact) mass is 439 g/mol. The fourth-order valence-electron chi connectivity index (χ4n) is 1.93. The molecule has 1 heterocycles. The van der Waals surface area contributed by atoms with Crippen LogP contribution in [0, 0.1) is 5.92 Å². The van der Waals surface area contributed by atoms with Crippen LogP contribution < -0.4 is 10.6 Å². The number of guanidine groups is 1. The highest BCUT2D eigenvalue weighted by Crippen LogP contribution is 2.13. The van der Waals surface area contributed by atoms with E-state index in [2.05, 4.69) is 47.0 Å². The van der Waals surface area contributed by atoms with Gasteiger partial charge in [-0.1, -0.05) is 26.3 Å². The molecule has 0 fully saturated rings. The van der Waals surface area contributed by atoms with Gasteiger partial charge < -0.3 is 15.4 Å². The number of nitrogens with one attached hydrogen (secondary N) is 2. The second-order valence-electron chi connectivity index (χ2n) is 5.23. The fourth-order valence-corrected chi connectivity index (χ4v) is 2.80. The number of thiophene rings is 1. The summed E-state index contributed by atoms with van der Waals surface area (Å²) in [4.78, 5) is 5.67. The SMILES string of the molecule is CCCCOCCNC(=NC)NCC(C)Cc1cccs1.I. The molecule has 0 aliphatic rings. The van der Waals surface area contributed by atoms with Crippen LogP contribution in [0.2, 0.25) is 0 Å². The maximum Gasteiger partial charge on any atom is 0.191 e. The molecular weight excluding hydrogens is 409 g/mol. The van der Waals surface area contributed by atoms with Crippen molar-refractivity contribution in [3.05, 3.63) is 22.4 Å². The first-order valence-electron chi connectivity index (χ1n) is 7.80. The summed E-state index contributed by atoms with van der Waals surface area (Å²) < 4.78 is 5.52. The van der Waals surface area contributed by atoms with Gasteiger partial charge >= 0.3 is 0 Å². The van der Waals surface area contributed by atoms with Crippen LogP contribution in [0.1, 0.15) is 31.6 Å². The largest absolute Gasteiger partial charge is 0.380 e. The van der Waals surface area contributed by atoms with Crippen LogP contribution in [0.5, 0.6) is 0 Å². The summed E-state index contributed by atoms with van der Waals surface area (Å²) in [7, 11) is 1.80. The highest BCUT2D eigenvalue weighted by atomic mass is 127. The van der Waals surface area contributed by atoms with Crippen molar-refractivity contribution in [2.75, 3.05) is 33.4 Å². The Morgan fingerprint density at radius 2 is 2.18 bits per heavy atom. The van der Waals surface area contributed by atoms with Crippen LogP contribution in [0.4, 0.5) is 0 Å². The minimum absolute atomic E-state index is 0. The minimum Gasteiger partial charge on any atom is -0.380 e. The number of unbranched alkanes of at least 4 members (excludes halogenated alkanes) is 1. The molecule has 0 saturated carbocycles. The third-order valence-electron chi connectivity index (χ3n) is 3.15. The van der Waals surface area contributed by atoms with Crippen molar-refractivity contribution in [1.29, 1.82) is 0 Å². The first-order chi connectivity index (χ1) is 10.3. The molecule has 128 valence electrons. The van der Waals surface area contributed by atoms with Crippen molar-refractivity contribution < 1.29 is 4.74 Å². The number of hydrogen-bond donors (Lipinski definition) is 2. The van der Waals surface area contributed by atoms with Crippen LogP contribution in [-0.4, -0.2) is 39.3 Å². The summed E-state index contributed by atoms with van der Waals surface area (Å²) in [6.45, 7) is 7.73. The van der Waals surface area contributed by atoms with E-state index in [1.165, 1.54) is 11.3 Å². The first kappa shape index (κ1) is 21.7. The third-order valence-corrected chi connectivity index (χ3v) is 4.05.